The number of hydrogen-bond acceptors (Lipinski definition) is 6. The predicted molar refractivity (Wildman–Crippen MR) is 142 cm³/mol. The summed E-state index contributed by atoms with van der Waals surface area (Å²) in [4.78, 5) is 33.0. The smallest absolute Gasteiger partial charge is 0.380 e. The molecular weight excluding hydrogens is 550 g/mol. The molecule has 4 rings (SSSR count). The van der Waals surface area contributed by atoms with Crippen molar-refractivity contribution in [2.24, 2.45) is 0 Å². The minimum atomic E-state index is -4.41. The van der Waals surface area contributed by atoms with Gasteiger partial charge in [0, 0.05) is 64.1 Å². The van der Waals surface area contributed by atoms with Crippen LogP contribution >= 0.6 is 35.8 Å². The summed E-state index contributed by atoms with van der Waals surface area (Å²) in [5, 5.41) is 2.71. The quantitative estimate of drug-likeness (QED) is 0.501. The fraction of sp³-hybridized carbons (Fsp3) is 0.667. The summed E-state index contributed by atoms with van der Waals surface area (Å²) in [7, 11) is 2.02. The third-order valence-electron chi connectivity index (χ3n) is 7.33. The normalized spacial score (nSPS) is 21.6. The molecule has 1 aromatic carbocycles. The van der Waals surface area contributed by atoms with E-state index in [2.05, 4.69) is 27.7 Å². The van der Waals surface area contributed by atoms with E-state index in [4.69, 9.17) is 23.2 Å². The molecule has 2 amide bonds. The Morgan fingerprint density at radius 2 is 1.59 bits per heavy atom. The fourth-order valence-corrected chi connectivity index (χ4v) is 6.15. The molecule has 3 heterocycles. The highest BCUT2D eigenvalue weighted by atomic mass is 35.5. The molecule has 1 N–H and O–H groups in total. The van der Waals surface area contributed by atoms with Gasteiger partial charge in [-0.2, -0.15) is 25.8 Å². The van der Waals surface area contributed by atoms with Crippen molar-refractivity contribution in [3.63, 3.8) is 0 Å². The van der Waals surface area contributed by atoms with Crippen LogP contribution in [0.2, 0.25) is 10.0 Å². The third kappa shape index (κ3) is 7.17. The van der Waals surface area contributed by atoms with Crippen LogP contribution in [0.3, 0.4) is 0 Å². The number of benzene rings is 1. The molecule has 3 aliphatic heterocycles. The highest BCUT2D eigenvalue weighted by molar-refractivity contribution is 7.81. The van der Waals surface area contributed by atoms with E-state index in [1.165, 1.54) is 4.90 Å². The monoisotopic (exact) mass is 581 g/mol. The molecule has 0 bridgehead atoms. The number of likely N-dealkylation sites (N-methyl/N-ethyl adjacent to an activating group) is 1. The molecule has 37 heavy (non-hydrogen) atoms. The van der Waals surface area contributed by atoms with Gasteiger partial charge in [0.15, 0.2) is 0 Å². The lowest BCUT2D eigenvalue weighted by Crippen LogP contribution is -2.60. The van der Waals surface area contributed by atoms with Gasteiger partial charge in [-0.15, -0.1) is 0 Å². The number of rotatable bonds is 6. The Balaban J connectivity index is 1.24. The molecular formula is C24H32Cl2F3N5O2S. The zero-order chi connectivity index (χ0) is 26.9. The second kappa shape index (κ2) is 11.8. The first-order valence-electron chi connectivity index (χ1n) is 12.4. The number of thiol groups is 1. The Hall–Kier alpha value is -1.40. The first-order chi connectivity index (χ1) is 17.4. The molecule has 13 heteroatoms. The van der Waals surface area contributed by atoms with Gasteiger partial charge in [0.05, 0.1) is 33.3 Å². The summed E-state index contributed by atoms with van der Waals surface area (Å²) in [5.41, 5.74) is 1.08. The summed E-state index contributed by atoms with van der Waals surface area (Å²) < 4.78 is 37.7. The number of nitrogens with one attached hydrogen (secondary N) is 1. The number of piperidine rings is 1. The zero-order valence-corrected chi connectivity index (χ0v) is 23.0. The lowest BCUT2D eigenvalue weighted by Gasteiger charge is -2.47. The number of carbonyl (C=O) groups is 2. The molecule has 3 saturated heterocycles. The van der Waals surface area contributed by atoms with Crippen molar-refractivity contribution in [1.82, 2.24) is 19.6 Å². The Labute approximate surface area is 230 Å². The highest BCUT2D eigenvalue weighted by Gasteiger charge is 2.38. The minimum absolute atomic E-state index is 0.156. The lowest BCUT2D eigenvalue weighted by molar-refractivity contribution is -0.148. The van der Waals surface area contributed by atoms with Gasteiger partial charge in [-0.3, -0.25) is 14.5 Å². The second-order valence-electron chi connectivity index (χ2n) is 10.1. The van der Waals surface area contributed by atoms with Crippen LogP contribution in [-0.4, -0.2) is 114 Å². The van der Waals surface area contributed by atoms with Crippen molar-refractivity contribution >= 4 is 53.3 Å². The molecule has 7 nitrogen and oxygen atoms in total. The number of halogens is 5. The van der Waals surface area contributed by atoms with E-state index in [-0.39, 0.29) is 18.0 Å². The Bertz CT molecular complexity index is 972. The fourth-order valence-electron chi connectivity index (χ4n) is 5.13. The standard InChI is InChI=1S/C24H32Cl2F3N5O2S/c1-31-6-8-33(9-7-31)23(36)21-18(25)10-15(11-19(21)26)30-16-13-34(14-16)17-2-4-32(5-3-17)22(35)20(37)12-24(27,28)29/h10-11,16-17,20,30,37H,2-9,12-14H2,1H3. The number of anilines is 1. The van der Waals surface area contributed by atoms with Crippen LogP contribution < -0.4 is 5.32 Å². The molecule has 206 valence electrons. The maximum Gasteiger partial charge on any atom is 0.390 e. The average Bonchev–Trinajstić information content (AvgIpc) is 2.79. The van der Waals surface area contributed by atoms with Crippen LogP contribution in [0.4, 0.5) is 18.9 Å². The van der Waals surface area contributed by atoms with E-state index in [1.807, 2.05) is 7.05 Å². The van der Waals surface area contributed by atoms with Gasteiger partial charge < -0.3 is 20.0 Å². The van der Waals surface area contributed by atoms with Gasteiger partial charge in [-0.1, -0.05) is 23.2 Å². The van der Waals surface area contributed by atoms with Gasteiger partial charge in [-0.25, -0.2) is 0 Å². The number of amides is 2. The van der Waals surface area contributed by atoms with Gasteiger partial charge in [0.25, 0.3) is 5.91 Å². The van der Waals surface area contributed by atoms with Crippen molar-refractivity contribution in [3.05, 3.63) is 27.7 Å². The van der Waals surface area contributed by atoms with E-state index < -0.39 is 23.8 Å². The number of hydrogen-bond donors (Lipinski definition) is 2. The molecule has 0 aliphatic carbocycles. The minimum Gasteiger partial charge on any atom is -0.380 e. The van der Waals surface area contributed by atoms with E-state index in [1.54, 1.807) is 17.0 Å². The number of alkyl halides is 3. The first-order valence-corrected chi connectivity index (χ1v) is 13.7. The summed E-state index contributed by atoms with van der Waals surface area (Å²) in [6.45, 7) is 5.33. The maximum absolute atomic E-state index is 13.0. The molecule has 0 aromatic heterocycles. The van der Waals surface area contributed by atoms with Crippen LogP contribution in [0, 0.1) is 0 Å². The maximum atomic E-state index is 13.0. The van der Waals surface area contributed by atoms with Crippen molar-refractivity contribution in [2.75, 3.05) is 64.7 Å². The molecule has 1 atom stereocenters. The summed E-state index contributed by atoms with van der Waals surface area (Å²) in [6.07, 6.45) is -4.19. The van der Waals surface area contributed by atoms with Crippen LogP contribution in [-0.2, 0) is 4.79 Å². The third-order valence-corrected chi connectivity index (χ3v) is 8.33. The van der Waals surface area contributed by atoms with E-state index in [0.717, 1.165) is 31.9 Å². The second-order valence-corrected chi connectivity index (χ2v) is 11.5. The molecule has 3 aliphatic rings. The number of piperazine rings is 1. The van der Waals surface area contributed by atoms with E-state index in [9.17, 15) is 22.8 Å². The first kappa shape index (κ1) is 28.6. The van der Waals surface area contributed by atoms with Crippen LogP contribution in [0.1, 0.15) is 29.6 Å². The molecule has 0 saturated carbocycles. The SMILES string of the molecule is CN1CCN(C(=O)c2c(Cl)cc(NC3CN(C4CCN(C(=O)C(S)CC(F)(F)F)CC4)C3)cc2Cl)CC1. The Morgan fingerprint density at radius 1 is 1.03 bits per heavy atom. The molecule has 1 unspecified atom stereocenters. The Kier molecular flexibility index (Phi) is 9.10. The summed E-state index contributed by atoms with van der Waals surface area (Å²) in [6, 6.07) is 3.93. The Morgan fingerprint density at radius 3 is 2.14 bits per heavy atom. The van der Waals surface area contributed by atoms with Crippen LogP contribution in [0.15, 0.2) is 12.1 Å². The van der Waals surface area contributed by atoms with Crippen molar-refractivity contribution in [2.45, 2.75) is 42.8 Å². The molecule has 0 spiro atoms. The van der Waals surface area contributed by atoms with Crippen molar-refractivity contribution < 1.29 is 22.8 Å². The number of nitrogens with zero attached hydrogens (tertiary/aromatic N) is 4. The van der Waals surface area contributed by atoms with Crippen LogP contribution in [0.5, 0.6) is 0 Å². The van der Waals surface area contributed by atoms with Gasteiger partial charge >= 0.3 is 6.18 Å². The molecule has 1 aromatic rings. The van der Waals surface area contributed by atoms with Gasteiger partial charge in [-0.05, 0) is 32.0 Å². The summed E-state index contributed by atoms with van der Waals surface area (Å²) in [5.74, 6) is -0.706. The number of carbonyl (C=O) groups excluding carboxylic acids is 2. The van der Waals surface area contributed by atoms with Gasteiger partial charge in [0.2, 0.25) is 5.91 Å². The van der Waals surface area contributed by atoms with Crippen molar-refractivity contribution in [1.29, 1.82) is 0 Å². The predicted octanol–water partition coefficient (Wildman–Crippen LogP) is 3.72. The number of likely N-dealkylation sites (tertiary alicyclic amines) is 2. The summed E-state index contributed by atoms with van der Waals surface area (Å²) >= 11 is 16.8. The average molecular weight is 583 g/mol. The highest BCUT2D eigenvalue weighted by Crippen LogP contribution is 2.32. The molecule has 3 fully saturated rings. The van der Waals surface area contributed by atoms with E-state index in [0.29, 0.717) is 54.6 Å². The molecule has 0 radical (unpaired) electrons. The van der Waals surface area contributed by atoms with Crippen molar-refractivity contribution in [3.8, 4) is 0 Å². The van der Waals surface area contributed by atoms with Gasteiger partial charge in [0.1, 0.15) is 0 Å². The largest absolute Gasteiger partial charge is 0.390 e. The van der Waals surface area contributed by atoms with E-state index >= 15 is 0 Å². The topological polar surface area (TPSA) is 59.1 Å². The van der Waals surface area contributed by atoms with Crippen LogP contribution in [0.25, 0.3) is 0 Å². The zero-order valence-electron chi connectivity index (χ0n) is 20.6. The lowest BCUT2D eigenvalue weighted by atomic mass is 9.97.